The first kappa shape index (κ1) is 18.3. The van der Waals surface area contributed by atoms with E-state index in [2.05, 4.69) is 10.2 Å². The van der Waals surface area contributed by atoms with Gasteiger partial charge in [0.1, 0.15) is 10.8 Å². The zero-order chi connectivity index (χ0) is 18.6. The van der Waals surface area contributed by atoms with Crippen LogP contribution in [-0.2, 0) is 11.9 Å². The summed E-state index contributed by atoms with van der Waals surface area (Å²) in [6, 6.07) is 16.4. The smallest absolute Gasteiger partial charge is 0.416 e. The highest BCUT2D eigenvalue weighted by Crippen LogP contribution is 2.31. The van der Waals surface area contributed by atoms with Crippen LogP contribution in [0.4, 0.5) is 13.2 Å². The summed E-state index contributed by atoms with van der Waals surface area (Å²) >= 11 is 1.34. The van der Waals surface area contributed by atoms with E-state index in [1.54, 1.807) is 19.2 Å². The third-order valence-electron chi connectivity index (χ3n) is 3.65. The molecule has 1 heterocycles. The Bertz CT molecular complexity index is 882. The molecule has 7 heteroatoms. The van der Waals surface area contributed by atoms with E-state index in [-0.39, 0.29) is 0 Å². The van der Waals surface area contributed by atoms with Crippen molar-refractivity contribution < 1.29 is 17.9 Å². The van der Waals surface area contributed by atoms with Gasteiger partial charge in [-0.3, -0.25) is 0 Å². The molecule has 0 N–H and O–H groups in total. The van der Waals surface area contributed by atoms with Gasteiger partial charge in [0.25, 0.3) is 0 Å². The van der Waals surface area contributed by atoms with Gasteiger partial charge in [0.2, 0.25) is 0 Å². The van der Waals surface area contributed by atoms with Crippen molar-refractivity contribution in [2.75, 3.05) is 7.11 Å². The maximum absolute atomic E-state index is 12.8. The first-order valence-electron chi connectivity index (χ1n) is 7.73. The van der Waals surface area contributed by atoms with Crippen LogP contribution < -0.4 is 4.74 Å². The minimum absolute atomic E-state index is 0.386. The fraction of sp³-hybridized carbons (Fsp3) is 0.158. The SMILES string of the molecule is COc1cccc(-c2ccc(SCc3cccc(C(F)(F)F)c3)nn2)c1. The Morgan fingerprint density at radius 3 is 2.46 bits per heavy atom. The van der Waals surface area contributed by atoms with Crippen LogP contribution in [0.1, 0.15) is 11.1 Å². The molecule has 3 aromatic rings. The molecular weight excluding hydrogens is 361 g/mol. The van der Waals surface area contributed by atoms with E-state index in [1.807, 2.05) is 30.3 Å². The summed E-state index contributed by atoms with van der Waals surface area (Å²) in [5.41, 5.74) is 1.53. The number of halogens is 3. The summed E-state index contributed by atoms with van der Waals surface area (Å²) in [4.78, 5) is 0. The number of thioether (sulfide) groups is 1. The van der Waals surface area contributed by atoms with Crippen LogP contribution in [-0.4, -0.2) is 17.3 Å². The van der Waals surface area contributed by atoms with Crippen molar-refractivity contribution in [3.63, 3.8) is 0 Å². The maximum atomic E-state index is 12.8. The molecule has 0 amide bonds. The van der Waals surface area contributed by atoms with E-state index in [9.17, 15) is 13.2 Å². The Morgan fingerprint density at radius 2 is 1.77 bits per heavy atom. The molecule has 0 spiro atoms. The van der Waals surface area contributed by atoms with E-state index in [0.717, 1.165) is 23.4 Å². The molecular formula is C19H15F3N2OS. The van der Waals surface area contributed by atoms with Crippen LogP contribution in [0.3, 0.4) is 0 Å². The summed E-state index contributed by atoms with van der Waals surface area (Å²) in [6.07, 6.45) is -4.33. The van der Waals surface area contributed by atoms with E-state index < -0.39 is 11.7 Å². The third kappa shape index (κ3) is 4.54. The second kappa shape index (κ2) is 7.78. The molecule has 0 unspecified atom stereocenters. The number of hydrogen-bond donors (Lipinski definition) is 0. The summed E-state index contributed by atoms with van der Waals surface area (Å²) in [7, 11) is 1.60. The number of alkyl halides is 3. The summed E-state index contributed by atoms with van der Waals surface area (Å²) in [5, 5.41) is 8.98. The zero-order valence-corrected chi connectivity index (χ0v) is 14.6. The molecule has 0 saturated carbocycles. The monoisotopic (exact) mass is 376 g/mol. The van der Waals surface area contributed by atoms with Crippen molar-refractivity contribution in [3.8, 4) is 17.0 Å². The molecule has 0 atom stereocenters. The second-order valence-electron chi connectivity index (χ2n) is 5.48. The lowest BCUT2D eigenvalue weighted by Gasteiger charge is -2.08. The molecule has 0 bridgehead atoms. The zero-order valence-electron chi connectivity index (χ0n) is 13.8. The van der Waals surface area contributed by atoms with Crippen molar-refractivity contribution in [3.05, 3.63) is 71.8 Å². The first-order chi connectivity index (χ1) is 12.5. The minimum atomic E-state index is -4.33. The van der Waals surface area contributed by atoms with Crippen LogP contribution in [0.25, 0.3) is 11.3 Å². The highest BCUT2D eigenvalue weighted by Gasteiger charge is 2.30. The largest absolute Gasteiger partial charge is 0.497 e. The number of rotatable bonds is 5. The molecule has 2 aromatic carbocycles. The second-order valence-corrected chi connectivity index (χ2v) is 6.47. The quantitative estimate of drug-likeness (QED) is 0.554. The van der Waals surface area contributed by atoms with Crippen molar-refractivity contribution in [2.45, 2.75) is 17.0 Å². The molecule has 3 nitrogen and oxygen atoms in total. The van der Waals surface area contributed by atoms with Crippen molar-refractivity contribution in [1.29, 1.82) is 0 Å². The van der Waals surface area contributed by atoms with E-state index in [0.29, 0.717) is 22.0 Å². The number of methoxy groups -OCH3 is 1. The Hall–Kier alpha value is -2.54. The minimum Gasteiger partial charge on any atom is -0.497 e. The van der Waals surface area contributed by atoms with E-state index in [4.69, 9.17) is 4.74 Å². The molecule has 134 valence electrons. The van der Waals surface area contributed by atoms with Gasteiger partial charge in [-0.15, -0.1) is 10.2 Å². The molecule has 0 radical (unpaired) electrons. The lowest BCUT2D eigenvalue weighted by Crippen LogP contribution is -2.04. The van der Waals surface area contributed by atoms with Gasteiger partial charge in [-0.1, -0.05) is 42.1 Å². The molecule has 0 fully saturated rings. The van der Waals surface area contributed by atoms with E-state index in [1.165, 1.54) is 17.8 Å². The molecule has 0 aliphatic carbocycles. The fourth-order valence-corrected chi connectivity index (χ4v) is 3.09. The standard InChI is InChI=1S/C19H15F3N2OS/c1-25-16-7-3-5-14(11-16)17-8-9-18(24-23-17)26-12-13-4-2-6-15(10-13)19(20,21)22/h2-11H,12H2,1H3. The summed E-state index contributed by atoms with van der Waals surface area (Å²) in [5.74, 6) is 1.11. The molecule has 0 saturated heterocycles. The topological polar surface area (TPSA) is 35.0 Å². The van der Waals surface area contributed by atoms with Crippen molar-refractivity contribution in [2.24, 2.45) is 0 Å². The Labute approximate surface area is 153 Å². The van der Waals surface area contributed by atoms with Gasteiger partial charge in [-0.25, -0.2) is 0 Å². The van der Waals surface area contributed by atoms with Crippen LogP contribution >= 0.6 is 11.8 Å². The van der Waals surface area contributed by atoms with Gasteiger partial charge in [-0.2, -0.15) is 13.2 Å². The number of hydrogen-bond acceptors (Lipinski definition) is 4. The highest BCUT2D eigenvalue weighted by atomic mass is 32.2. The number of aromatic nitrogens is 2. The predicted octanol–water partition coefficient (Wildman–Crippen LogP) is 5.46. The van der Waals surface area contributed by atoms with Crippen LogP contribution in [0.5, 0.6) is 5.75 Å². The van der Waals surface area contributed by atoms with Gasteiger partial charge in [-0.05, 0) is 35.9 Å². The number of benzene rings is 2. The number of nitrogens with zero attached hydrogens (tertiary/aromatic N) is 2. The highest BCUT2D eigenvalue weighted by molar-refractivity contribution is 7.98. The van der Waals surface area contributed by atoms with Crippen LogP contribution in [0.2, 0.25) is 0 Å². The molecule has 1 aromatic heterocycles. The Kier molecular flexibility index (Phi) is 5.46. The van der Waals surface area contributed by atoms with Gasteiger partial charge in [0, 0.05) is 11.3 Å². The lowest BCUT2D eigenvalue weighted by atomic mass is 10.1. The lowest BCUT2D eigenvalue weighted by molar-refractivity contribution is -0.137. The third-order valence-corrected chi connectivity index (χ3v) is 4.64. The first-order valence-corrected chi connectivity index (χ1v) is 8.71. The molecule has 0 aliphatic heterocycles. The molecule has 3 rings (SSSR count). The average molecular weight is 376 g/mol. The molecule has 0 aliphatic rings. The van der Waals surface area contributed by atoms with Crippen molar-refractivity contribution in [1.82, 2.24) is 10.2 Å². The normalized spacial score (nSPS) is 11.4. The average Bonchev–Trinajstić information content (AvgIpc) is 2.66. The van der Waals surface area contributed by atoms with Crippen molar-refractivity contribution >= 4 is 11.8 Å². The Balaban J connectivity index is 1.68. The van der Waals surface area contributed by atoms with Gasteiger partial charge in [0.15, 0.2) is 0 Å². The summed E-state index contributed by atoms with van der Waals surface area (Å²) in [6.45, 7) is 0. The molecule has 26 heavy (non-hydrogen) atoms. The number of ether oxygens (including phenoxy) is 1. The van der Waals surface area contributed by atoms with Gasteiger partial charge >= 0.3 is 6.18 Å². The predicted molar refractivity (Wildman–Crippen MR) is 95.0 cm³/mol. The fourth-order valence-electron chi connectivity index (χ4n) is 2.33. The maximum Gasteiger partial charge on any atom is 0.416 e. The van der Waals surface area contributed by atoms with E-state index >= 15 is 0 Å². The van der Waals surface area contributed by atoms with Crippen LogP contribution in [0.15, 0.2) is 65.7 Å². The summed E-state index contributed by atoms with van der Waals surface area (Å²) < 4.78 is 43.4. The van der Waals surface area contributed by atoms with Gasteiger partial charge in [0.05, 0.1) is 18.4 Å². The Morgan fingerprint density at radius 1 is 0.962 bits per heavy atom. The van der Waals surface area contributed by atoms with Crippen LogP contribution in [0, 0.1) is 0 Å². The van der Waals surface area contributed by atoms with Gasteiger partial charge < -0.3 is 4.74 Å².